The number of aromatic amines is 1. The Labute approximate surface area is 173 Å². The highest BCUT2D eigenvalue weighted by Gasteiger charge is 2.16. The number of nitrogens with two attached hydrogens (primary N) is 1. The number of thiophene rings is 1. The standard InChI is InChI=1S/C21H24N6OS/c1-23-21-24-9-8-17(27-21)18-6-7-19(29-18)20(28)26-12-14(22)10-13-11-25-16-5-3-2-4-15(13)16/h2-9,11,14,21,23,25,27H,10,12,22H2,1H3,(H,26,28)/t14-,21?/m0/s1. The summed E-state index contributed by atoms with van der Waals surface area (Å²) < 4.78 is 0. The molecule has 7 nitrogen and oxygen atoms in total. The minimum atomic E-state index is -0.159. The van der Waals surface area contributed by atoms with Crippen molar-refractivity contribution in [3.63, 3.8) is 0 Å². The maximum absolute atomic E-state index is 12.5. The molecule has 0 spiro atoms. The number of H-pyrrole nitrogens is 1. The highest BCUT2D eigenvalue weighted by Crippen LogP contribution is 2.24. The molecule has 0 bridgehead atoms. The number of carbonyl (C=O) groups is 1. The molecule has 1 aromatic carbocycles. The van der Waals surface area contributed by atoms with Crippen molar-refractivity contribution in [3.05, 3.63) is 64.0 Å². The van der Waals surface area contributed by atoms with Gasteiger partial charge in [-0.1, -0.05) is 18.2 Å². The fourth-order valence-electron chi connectivity index (χ4n) is 3.31. The van der Waals surface area contributed by atoms with Crippen LogP contribution in [-0.2, 0) is 6.42 Å². The molecule has 3 aromatic rings. The zero-order chi connectivity index (χ0) is 20.2. The van der Waals surface area contributed by atoms with Gasteiger partial charge in [0.05, 0.1) is 15.5 Å². The molecular weight excluding hydrogens is 384 g/mol. The zero-order valence-corrected chi connectivity index (χ0v) is 16.9. The summed E-state index contributed by atoms with van der Waals surface area (Å²) in [6.07, 6.45) is 6.19. The van der Waals surface area contributed by atoms with Crippen LogP contribution in [0.3, 0.4) is 0 Å². The second kappa shape index (κ2) is 8.60. The Bertz CT molecular complexity index is 1070. The van der Waals surface area contributed by atoms with E-state index in [2.05, 4.69) is 32.0 Å². The van der Waals surface area contributed by atoms with Gasteiger partial charge in [0.2, 0.25) is 0 Å². The van der Waals surface area contributed by atoms with Crippen LogP contribution in [0.15, 0.2) is 53.7 Å². The SMILES string of the molecule is CNC1N=CC=C(c2ccc(C(=O)NC[C@@H](N)Cc3c[nH]c4ccccc34)s2)N1. The monoisotopic (exact) mass is 408 g/mol. The minimum absolute atomic E-state index is 0.106. The van der Waals surface area contributed by atoms with E-state index in [9.17, 15) is 4.79 Å². The van der Waals surface area contributed by atoms with Crippen LogP contribution in [0.2, 0.25) is 0 Å². The van der Waals surface area contributed by atoms with Crippen molar-refractivity contribution in [2.24, 2.45) is 10.7 Å². The van der Waals surface area contributed by atoms with Gasteiger partial charge in [-0.15, -0.1) is 11.3 Å². The lowest BCUT2D eigenvalue weighted by Crippen LogP contribution is -2.38. The number of hydrogen-bond donors (Lipinski definition) is 5. The fourth-order valence-corrected chi connectivity index (χ4v) is 4.22. The van der Waals surface area contributed by atoms with E-state index in [0.29, 0.717) is 17.8 Å². The maximum Gasteiger partial charge on any atom is 0.261 e. The number of allylic oxidation sites excluding steroid dienone is 1. The second-order valence-corrected chi connectivity index (χ2v) is 8.00. The molecule has 2 atom stereocenters. The van der Waals surface area contributed by atoms with Crippen molar-refractivity contribution < 1.29 is 4.79 Å². The quantitative estimate of drug-likeness (QED) is 0.412. The molecule has 0 aliphatic carbocycles. The number of fused-ring (bicyclic) bond motifs is 1. The van der Waals surface area contributed by atoms with Crippen molar-refractivity contribution in [2.45, 2.75) is 18.8 Å². The van der Waals surface area contributed by atoms with Crippen LogP contribution in [0.5, 0.6) is 0 Å². The molecule has 1 aliphatic heterocycles. The first-order valence-electron chi connectivity index (χ1n) is 9.50. The van der Waals surface area contributed by atoms with Gasteiger partial charge in [-0.05, 0) is 43.3 Å². The summed E-state index contributed by atoms with van der Waals surface area (Å²) >= 11 is 1.44. The van der Waals surface area contributed by atoms with Crippen LogP contribution in [0.25, 0.3) is 16.6 Å². The molecule has 1 unspecified atom stereocenters. The molecule has 8 heteroatoms. The molecule has 4 rings (SSSR count). The average Bonchev–Trinajstić information content (AvgIpc) is 3.40. The Hall–Kier alpha value is -2.94. The van der Waals surface area contributed by atoms with Crippen molar-refractivity contribution in [1.82, 2.24) is 20.9 Å². The third-order valence-corrected chi connectivity index (χ3v) is 5.94. The summed E-state index contributed by atoms with van der Waals surface area (Å²) in [4.78, 5) is 21.7. The zero-order valence-electron chi connectivity index (χ0n) is 16.1. The number of hydrogen-bond acceptors (Lipinski definition) is 6. The van der Waals surface area contributed by atoms with E-state index in [1.165, 1.54) is 16.7 Å². The molecule has 6 N–H and O–H groups in total. The Morgan fingerprint density at radius 3 is 3.03 bits per heavy atom. The molecular formula is C21H24N6OS. The summed E-state index contributed by atoms with van der Waals surface area (Å²) in [5.41, 5.74) is 9.48. The van der Waals surface area contributed by atoms with Gasteiger partial charge < -0.3 is 21.4 Å². The van der Waals surface area contributed by atoms with E-state index in [1.807, 2.05) is 49.7 Å². The molecule has 150 valence electrons. The largest absolute Gasteiger partial charge is 0.361 e. The van der Waals surface area contributed by atoms with Gasteiger partial charge in [-0.3, -0.25) is 15.1 Å². The smallest absolute Gasteiger partial charge is 0.261 e. The Kier molecular flexibility index (Phi) is 5.75. The molecule has 3 heterocycles. The number of rotatable bonds is 7. The number of nitrogens with one attached hydrogen (secondary N) is 4. The summed E-state index contributed by atoms with van der Waals surface area (Å²) in [7, 11) is 1.84. The van der Waals surface area contributed by atoms with Crippen LogP contribution in [0.1, 0.15) is 20.1 Å². The number of benzene rings is 1. The molecule has 29 heavy (non-hydrogen) atoms. The predicted octanol–water partition coefficient (Wildman–Crippen LogP) is 2.05. The van der Waals surface area contributed by atoms with Crippen molar-refractivity contribution in [3.8, 4) is 0 Å². The summed E-state index contributed by atoms with van der Waals surface area (Å²) in [6.45, 7) is 0.418. The lowest BCUT2D eigenvalue weighted by molar-refractivity contribution is 0.0955. The fraction of sp³-hybridized carbons (Fsp3) is 0.238. The normalized spacial score (nSPS) is 17.0. The third kappa shape index (κ3) is 4.40. The predicted molar refractivity (Wildman–Crippen MR) is 119 cm³/mol. The average molecular weight is 409 g/mol. The number of carbonyl (C=O) groups excluding carboxylic acids is 1. The number of nitrogens with zero attached hydrogens (tertiary/aromatic N) is 1. The van der Waals surface area contributed by atoms with E-state index in [-0.39, 0.29) is 18.2 Å². The van der Waals surface area contributed by atoms with Crippen LogP contribution in [0.4, 0.5) is 0 Å². The van der Waals surface area contributed by atoms with Crippen molar-refractivity contribution in [1.29, 1.82) is 0 Å². The molecule has 1 amide bonds. The van der Waals surface area contributed by atoms with Gasteiger partial charge in [0.15, 0.2) is 6.29 Å². The number of amides is 1. The summed E-state index contributed by atoms with van der Waals surface area (Å²) in [5, 5.41) is 10.5. The molecule has 2 aromatic heterocycles. The van der Waals surface area contributed by atoms with Gasteiger partial charge in [-0.2, -0.15) is 0 Å². The lowest BCUT2D eigenvalue weighted by atomic mass is 10.1. The van der Waals surface area contributed by atoms with Crippen LogP contribution in [-0.4, -0.2) is 43.0 Å². The topological polar surface area (TPSA) is 107 Å². The summed E-state index contributed by atoms with van der Waals surface area (Å²) in [6, 6.07) is 11.8. The Morgan fingerprint density at radius 2 is 2.17 bits per heavy atom. The number of para-hydroxylation sites is 1. The molecule has 0 saturated heterocycles. The Balaban J connectivity index is 1.33. The minimum Gasteiger partial charge on any atom is -0.361 e. The van der Waals surface area contributed by atoms with E-state index in [1.54, 1.807) is 6.21 Å². The first kappa shape index (κ1) is 19.4. The first-order valence-corrected chi connectivity index (χ1v) is 10.3. The molecule has 0 saturated carbocycles. The molecule has 0 fully saturated rings. The number of aromatic nitrogens is 1. The van der Waals surface area contributed by atoms with Gasteiger partial charge in [0.1, 0.15) is 0 Å². The van der Waals surface area contributed by atoms with Crippen LogP contribution in [0, 0.1) is 0 Å². The first-order chi connectivity index (χ1) is 14.1. The van der Waals surface area contributed by atoms with Gasteiger partial charge in [-0.25, -0.2) is 0 Å². The van der Waals surface area contributed by atoms with Gasteiger partial charge in [0, 0.05) is 35.9 Å². The highest BCUT2D eigenvalue weighted by molar-refractivity contribution is 7.15. The maximum atomic E-state index is 12.5. The number of aliphatic imine (C=N–C) groups is 1. The van der Waals surface area contributed by atoms with E-state index in [0.717, 1.165) is 21.7 Å². The third-order valence-electron chi connectivity index (χ3n) is 4.82. The van der Waals surface area contributed by atoms with Gasteiger partial charge >= 0.3 is 0 Å². The molecule has 0 radical (unpaired) electrons. The van der Waals surface area contributed by atoms with Crippen LogP contribution < -0.4 is 21.7 Å². The van der Waals surface area contributed by atoms with E-state index in [4.69, 9.17) is 5.73 Å². The van der Waals surface area contributed by atoms with E-state index >= 15 is 0 Å². The molecule has 1 aliphatic rings. The highest BCUT2D eigenvalue weighted by atomic mass is 32.1. The van der Waals surface area contributed by atoms with Crippen LogP contribution >= 0.6 is 11.3 Å². The second-order valence-electron chi connectivity index (χ2n) is 6.91. The Morgan fingerprint density at radius 1 is 1.31 bits per heavy atom. The summed E-state index contributed by atoms with van der Waals surface area (Å²) in [5.74, 6) is -0.106. The lowest BCUT2D eigenvalue weighted by Gasteiger charge is -2.19. The van der Waals surface area contributed by atoms with Crippen molar-refractivity contribution in [2.75, 3.05) is 13.6 Å². The van der Waals surface area contributed by atoms with Crippen molar-refractivity contribution >= 4 is 40.1 Å². The van der Waals surface area contributed by atoms with Gasteiger partial charge in [0.25, 0.3) is 5.91 Å². The van der Waals surface area contributed by atoms with E-state index < -0.39 is 0 Å².